The third-order valence-electron chi connectivity index (χ3n) is 5.96. The summed E-state index contributed by atoms with van der Waals surface area (Å²) in [6.07, 6.45) is 4.50. The molecule has 0 atom stereocenters. The van der Waals surface area contributed by atoms with E-state index in [1.54, 1.807) is 30.5 Å². The number of halogens is 2. The highest BCUT2D eigenvalue weighted by Crippen LogP contribution is 2.42. The molecular weight excluding hydrogens is 456 g/mol. The van der Waals surface area contributed by atoms with Gasteiger partial charge in [-0.2, -0.15) is 0 Å². The van der Waals surface area contributed by atoms with Crippen molar-refractivity contribution in [3.63, 3.8) is 0 Å². The number of hydrogen-bond donors (Lipinski definition) is 0. The van der Waals surface area contributed by atoms with Gasteiger partial charge in [0.05, 0.1) is 12.8 Å². The van der Waals surface area contributed by atoms with Crippen molar-refractivity contribution in [2.75, 3.05) is 12.0 Å². The maximum absolute atomic E-state index is 14.4. The van der Waals surface area contributed by atoms with Crippen LogP contribution in [0.15, 0.2) is 54.9 Å². The zero-order chi connectivity index (χ0) is 24.7. The first-order valence-corrected chi connectivity index (χ1v) is 11.0. The molecule has 3 heterocycles. The Morgan fingerprint density at radius 1 is 0.943 bits per heavy atom. The van der Waals surface area contributed by atoms with Crippen LogP contribution in [0.4, 0.5) is 14.5 Å². The number of benzene rings is 2. The fraction of sp³-hybridized carbons (Fsp3) is 0.192. The van der Waals surface area contributed by atoms with E-state index in [0.717, 1.165) is 23.0 Å². The van der Waals surface area contributed by atoms with E-state index in [9.17, 15) is 18.4 Å². The molecule has 0 unspecified atom stereocenters. The second-order valence-electron chi connectivity index (χ2n) is 8.20. The average Bonchev–Trinajstić information content (AvgIpc) is 3.18. The molecule has 2 aromatic carbocycles. The number of aromatic nitrogens is 2. The van der Waals surface area contributed by atoms with E-state index in [-0.39, 0.29) is 36.2 Å². The monoisotopic (exact) mass is 477 g/mol. The van der Waals surface area contributed by atoms with Crippen molar-refractivity contribution in [3.8, 4) is 28.5 Å². The van der Waals surface area contributed by atoms with Crippen molar-refractivity contribution in [1.29, 1.82) is 0 Å². The Morgan fingerprint density at radius 3 is 2.40 bits per heavy atom. The Balaban J connectivity index is 1.71. The van der Waals surface area contributed by atoms with Crippen molar-refractivity contribution in [2.24, 2.45) is 7.05 Å². The molecule has 0 bridgehead atoms. The second-order valence-corrected chi connectivity index (χ2v) is 8.20. The van der Waals surface area contributed by atoms with Gasteiger partial charge >= 0.3 is 0 Å². The van der Waals surface area contributed by atoms with Gasteiger partial charge in [-0.3, -0.25) is 14.5 Å². The van der Waals surface area contributed by atoms with Gasteiger partial charge in [0.2, 0.25) is 17.7 Å². The van der Waals surface area contributed by atoms with Gasteiger partial charge in [-0.25, -0.2) is 13.8 Å². The van der Waals surface area contributed by atoms with E-state index >= 15 is 0 Å². The van der Waals surface area contributed by atoms with E-state index in [1.165, 1.54) is 18.1 Å². The van der Waals surface area contributed by atoms with Gasteiger partial charge in [0.15, 0.2) is 11.6 Å². The fourth-order valence-electron chi connectivity index (χ4n) is 4.36. The Bertz CT molecular complexity index is 1470. The van der Waals surface area contributed by atoms with Crippen LogP contribution in [0.25, 0.3) is 22.0 Å². The van der Waals surface area contributed by atoms with Crippen LogP contribution >= 0.6 is 0 Å². The van der Waals surface area contributed by atoms with E-state index in [2.05, 4.69) is 4.98 Å². The van der Waals surface area contributed by atoms with Crippen LogP contribution in [-0.2, 0) is 16.6 Å². The number of imide groups is 1. The van der Waals surface area contributed by atoms with Gasteiger partial charge in [0, 0.05) is 54.9 Å². The fourth-order valence-corrected chi connectivity index (χ4v) is 4.36. The number of hydrogen-bond acceptors (Lipinski definition) is 5. The molecule has 0 spiro atoms. The van der Waals surface area contributed by atoms with Crippen molar-refractivity contribution < 1.29 is 27.8 Å². The van der Waals surface area contributed by atoms with Crippen LogP contribution in [0.5, 0.6) is 17.4 Å². The number of fused-ring (bicyclic) bond motifs is 1. The van der Waals surface area contributed by atoms with Gasteiger partial charge in [-0.15, -0.1) is 0 Å². The summed E-state index contributed by atoms with van der Waals surface area (Å²) in [5.41, 5.74) is 2.31. The predicted octanol–water partition coefficient (Wildman–Crippen LogP) is 5.36. The number of pyridine rings is 1. The highest BCUT2D eigenvalue weighted by atomic mass is 19.1. The Labute approximate surface area is 199 Å². The molecule has 1 fully saturated rings. The molecule has 0 aliphatic carbocycles. The molecule has 9 heteroatoms. The summed E-state index contributed by atoms with van der Waals surface area (Å²) in [5.74, 6) is -1.62. The summed E-state index contributed by atoms with van der Waals surface area (Å²) in [5, 5.41) is 0.775. The molecule has 2 amide bonds. The molecule has 7 nitrogen and oxygen atoms in total. The first-order chi connectivity index (χ1) is 16.9. The SMILES string of the molecule is COc1nccc2c(-c3cc(N4C(=O)CCCC4=O)ccc3Oc3ccc(F)cc3F)cn(C)c12. The van der Waals surface area contributed by atoms with Gasteiger partial charge in [-0.05, 0) is 42.8 Å². The number of rotatable bonds is 5. The lowest BCUT2D eigenvalue weighted by Crippen LogP contribution is -2.40. The molecule has 0 N–H and O–H groups in total. The lowest BCUT2D eigenvalue weighted by Gasteiger charge is -2.25. The zero-order valence-electron chi connectivity index (χ0n) is 19.0. The minimum absolute atomic E-state index is 0.162. The van der Waals surface area contributed by atoms with Gasteiger partial charge in [0.25, 0.3) is 0 Å². The number of aryl methyl sites for hydroxylation is 1. The van der Waals surface area contributed by atoms with Crippen LogP contribution in [0.3, 0.4) is 0 Å². The number of piperidine rings is 1. The van der Waals surface area contributed by atoms with Crippen molar-refractivity contribution in [2.45, 2.75) is 19.3 Å². The van der Waals surface area contributed by atoms with Crippen LogP contribution in [0.2, 0.25) is 0 Å². The number of anilines is 1. The second kappa shape index (κ2) is 8.83. The van der Waals surface area contributed by atoms with Crippen molar-refractivity contribution >= 4 is 28.4 Å². The number of ether oxygens (including phenoxy) is 2. The van der Waals surface area contributed by atoms with Crippen LogP contribution < -0.4 is 14.4 Å². The summed E-state index contributed by atoms with van der Waals surface area (Å²) in [6, 6.07) is 9.67. The lowest BCUT2D eigenvalue weighted by molar-refractivity contribution is -0.129. The molecule has 0 saturated carbocycles. The molecule has 1 aliphatic rings. The molecule has 178 valence electrons. The van der Waals surface area contributed by atoms with Crippen LogP contribution in [0.1, 0.15) is 19.3 Å². The van der Waals surface area contributed by atoms with E-state index < -0.39 is 11.6 Å². The van der Waals surface area contributed by atoms with Gasteiger partial charge < -0.3 is 14.0 Å². The number of carbonyl (C=O) groups excluding carboxylic acids is 2. The first-order valence-electron chi connectivity index (χ1n) is 11.0. The molecule has 1 aliphatic heterocycles. The third-order valence-corrected chi connectivity index (χ3v) is 5.96. The summed E-state index contributed by atoms with van der Waals surface area (Å²) >= 11 is 0. The smallest absolute Gasteiger partial charge is 0.238 e. The minimum Gasteiger partial charge on any atom is -0.479 e. The van der Waals surface area contributed by atoms with Gasteiger partial charge in [-0.1, -0.05) is 0 Å². The third kappa shape index (κ3) is 3.99. The highest BCUT2D eigenvalue weighted by Gasteiger charge is 2.29. The predicted molar refractivity (Wildman–Crippen MR) is 125 cm³/mol. The molecular formula is C26H21F2N3O4. The quantitative estimate of drug-likeness (QED) is 0.362. The zero-order valence-corrected chi connectivity index (χ0v) is 19.0. The standard InChI is InChI=1S/C26H21F2N3O4/c1-30-14-19(17-10-11-29-26(34-2)25(17)30)18-13-16(31-23(32)4-3-5-24(31)33)7-9-21(18)35-22-8-6-15(27)12-20(22)28/h6-14H,3-5H2,1-2H3. The summed E-state index contributed by atoms with van der Waals surface area (Å²) < 4.78 is 41.0. The van der Waals surface area contributed by atoms with E-state index in [1.807, 2.05) is 17.8 Å². The normalized spacial score (nSPS) is 14.0. The van der Waals surface area contributed by atoms with E-state index in [0.29, 0.717) is 29.1 Å². The highest BCUT2D eigenvalue weighted by molar-refractivity contribution is 6.16. The molecule has 35 heavy (non-hydrogen) atoms. The number of amides is 2. The largest absolute Gasteiger partial charge is 0.479 e. The minimum atomic E-state index is -0.856. The molecule has 5 rings (SSSR count). The number of carbonyl (C=O) groups is 2. The average molecular weight is 477 g/mol. The van der Waals surface area contributed by atoms with Crippen LogP contribution in [-0.4, -0.2) is 28.5 Å². The Hall–Kier alpha value is -4.27. The Kier molecular flexibility index (Phi) is 5.68. The Morgan fingerprint density at radius 2 is 1.69 bits per heavy atom. The van der Waals surface area contributed by atoms with Crippen LogP contribution in [0, 0.1) is 11.6 Å². The summed E-state index contributed by atoms with van der Waals surface area (Å²) in [7, 11) is 3.35. The lowest BCUT2D eigenvalue weighted by atomic mass is 10.0. The summed E-state index contributed by atoms with van der Waals surface area (Å²) in [6.45, 7) is 0. The van der Waals surface area contributed by atoms with E-state index in [4.69, 9.17) is 9.47 Å². The number of methoxy groups -OCH3 is 1. The molecule has 2 aromatic heterocycles. The first kappa shape index (κ1) is 22.5. The molecule has 1 saturated heterocycles. The van der Waals surface area contributed by atoms with Gasteiger partial charge in [0.1, 0.15) is 17.1 Å². The molecule has 0 radical (unpaired) electrons. The maximum atomic E-state index is 14.4. The topological polar surface area (TPSA) is 73.7 Å². The molecule has 4 aromatic rings. The van der Waals surface area contributed by atoms with Crippen molar-refractivity contribution in [3.05, 3.63) is 66.5 Å². The maximum Gasteiger partial charge on any atom is 0.238 e. The number of nitrogens with zero attached hydrogens (tertiary/aromatic N) is 3. The van der Waals surface area contributed by atoms with Crippen molar-refractivity contribution in [1.82, 2.24) is 9.55 Å². The summed E-state index contributed by atoms with van der Waals surface area (Å²) in [4.78, 5) is 30.6.